The summed E-state index contributed by atoms with van der Waals surface area (Å²) in [5.41, 5.74) is 0. The Labute approximate surface area is 52.0 Å². The average molecular weight is 175 g/mol. The van der Waals surface area contributed by atoms with Crippen LogP contribution in [0.2, 0.25) is 0 Å². The molecule has 0 aromatic rings. The minimum absolute atomic E-state index is 0.889. The van der Waals surface area contributed by atoms with Gasteiger partial charge < -0.3 is 0 Å². The van der Waals surface area contributed by atoms with Crippen LogP contribution in [0, 0.1) is 0 Å². The van der Waals surface area contributed by atoms with Crippen LogP contribution in [-0.4, -0.2) is 16.9 Å². The molecule has 0 heterocycles. The van der Waals surface area contributed by atoms with E-state index in [1.54, 1.807) is 0 Å². The van der Waals surface area contributed by atoms with Gasteiger partial charge in [0.05, 0.1) is 0 Å². The molecule has 54 valence electrons. The molecular formula is CH5O6P2+. The number of rotatable bonds is 3. The highest BCUT2D eigenvalue weighted by Gasteiger charge is 2.32. The molecule has 0 aromatic heterocycles. The third kappa shape index (κ3) is 4.66. The topological polar surface area (TPSA) is 93.1 Å². The zero-order valence-corrected chi connectivity index (χ0v) is 6.21. The largest absolute Gasteiger partial charge is 0.705 e. The molecule has 2 atom stereocenters. The van der Waals surface area contributed by atoms with Gasteiger partial charge in [-0.15, -0.1) is 4.89 Å². The van der Waals surface area contributed by atoms with Crippen LogP contribution in [0.15, 0.2) is 0 Å². The van der Waals surface area contributed by atoms with Gasteiger partial charge in [-0.1, -0.05) is 0 Å². The summed E-state index contributed by atoms with van der Waals surface area (Å²) in [4.78, 5) is 16.2. The standard InChI is InChI=1S/CH4O6P2/c1-6-9(4,5)7-8(2)3/h1H3,(H-,2,3,4,5)/p+1. The third-order valence-electron chi connectivity index (χ3n) is 0.404. The molecule has 0 aliphatic rings. The normalized spacial score (nSPS) is 18.8. The van der Waals surface area contributed by atoms with E-state index in [1.165, 1.54) is 0 Å². The molecule has 2 unspecified atom stereocenters. The molecule has 0 aliphatic heterocycles. The summed E-state index contributed by atoms with van der Waals surface area (Å²) in [6.45, 7) is 0. The number of phosphoric ester groups is 1. The second kappa shape index (κ2) is 3.37. The Kier molecular flexibility index (Phi) is 3.43. The van der Waals surface area contributed by atoms with Crippen LogP contribution in [0.25, 0.3) is 0 Å². The van der Waals surface area contributed by atoms with E-state index >= 15 is 0 Å². The lowest BCUT2D eigenvalue weighted by atomic mass is 11.8. The number of hydrogen-bond donors (Lipinski definition) is 2. The van der Waals surface area contributed by atoms with Crippen molar-refractivity contribution in [3.8, 4) is 0 Å². The Hall–Kier alpha value is 0.170. The maximum atomic E-state index is 10.2. The van der Waals surface area contributed by atoms with Gasteiger partial charge in [-0.05, 0) is 4.31 Å². The summed E-state index contributed by atoms with van der Waals surface area (Å²) in [6.07, 6.45) is 0. The summed E-state index contributed by atoms with van der Waals surface area (Å²) in [5, 5.41) is 0. The molecule has 2 N–H and O–H groups in total. The summed E-state index contributed by atoms with van der Waals surface area (Å²) in [5.74, 6) is 0. The minimum Gasteiger partial charge on any atom is -0.300 e. The van der Waals surface area contributed by atoms with Gasteiger partial charge >= 0.3 is 16.1 Å². The SMILES string of the molecule is COP(=O)(O)O[P+](=O)O. The van der Waals surface area contributed by atoms with E-state index in [4.69, 9.17) is 9.79 Å². The molecule has 8 heteroatoms. The van der Waals surface area contributed by atoms with Crippen LogP contribution in [-0.2, 0) is 18.0 Å². The van der Waals surface area contributed by atoms with Gasteiger partial charge in [0.25, 0.3) is 0 Å². The summed E-state index contributed by atoms with van der Waals surface area (Å²) in [6, 6.07) is 0. The monoisotopic (exact) mass is 175 g/mol. The second-order valence-corrected chi connectivity index (χ2v) is 3.40. The van der Waals surface area contributed by atoms with Gasteiger partial charge in [0.1, 0.15) is 0 Å². The average Bonchev–Trinajstić information content (AvgIpc) is 1.63. The first-order valence-electron chi connectivity index (χ1n) is 1.72. The lowest BCUT2D eigenvalue weighted by molar-refractivity contribution is 0.237. The first kappa shape index (κ1) is 9.17. The smallest absolute Gasteiger partial charge is 0.300 e. The highest BCUT2D eigenvalue weighted by Crippen LogP contribution is 2.49. The molecule has 6 nitrogen and oxygen atoms in total. The molecule has 0 saturated heterocycles. The molecule has 0 rings (SSSR count). The van der Waals surface area contributed by atoms with Crippen molar-refractivity contribution in [1.29, 1.82) is 0 Å². The van der Waals surface area contributed by atoms with Gasteiger partial charge in [-0.2, -0.15) is 0 Å². The maximum Gasteiger partial charge on any atom is 0.705 e. The van der Waals surface area contributed by atoms with Crippen LogP contribution < -0.4 is 0 Å². The van der Waals surface area contributed by atoms with Gasteiger partial charge in [-0.3, -0.25) is 9.42 Å². The highest BCUT2D eigenvalue weighted by molar-refractivity contribution is 7.55. The fourth-order valence-electron chi connectivity index (χ4n) is 0.122. The predicted octanol–water partition coefficient (Wildman–Crippen LogP) is 0.399. The molecule has 0 fully saturated rings. The zero-order valence-electron chi connectivity index (χ0n) is 4.42. The van der Waals surface area contributed by atoms with Gasteiger partial charge in [0, 0.05) is 11.7 Å². The molecule has 0 saturated carbocycles. The molecule has 9 heavy (non-hydrogen) atoms. The van der Waals surface area contributed by atoms with Crippen molar-refractivity contribution in [1.82, 2.24) is 0 Å². The van der Waals surface area contributed by atoms with Gasteiger partial charge in [0.2, 0.25) is 0 Å². The van der Waals surface area contributed by atoms with E-state index in [1.807, 2.05) is 0 Å². The molecular weight excluding hydrogens is 170 g/mol. The quantitative estimate of drug-likeness (QED) is 0.603. The van der Waals surface area contributed by atoms with Crippen LogP contribution >= 0.6 is 16.1 Å². The predicted molar refractivity (Wildman–Crippen MR) is 27.7 cm³/mol. The van der Waals surface area contributed by atoms with Crippen LogP contribution in [0.4, 0.5) is 0 Å². The first-order valence-corrected chi connectivity index (χ1v) is 4.35. The maximum absolute atomic E-state index is 10.2. The molecule has 0 bridgehead atoms. The fraction of sp³-hybridized carbons (Fsp3) is 1.00. The second-order valence-electron chi connectivity index (χ2n) is 0.971. The third-order valence-corrected chi connectivity index (χ3v) is 2.25. The van der Waals surface area contributed by atoms with Gasteiger partial charge in [0.15, 0.2) is 0 Å². The van der Waals surface area contributed by atoms with Crippen LogP contribution in [0.1, 0.15) is 0 Å². The summed E-state index contributed by atoms with van der Waals surface area (Å²) in [7, 11) is -6.46. The minimum atomic E-state index is -4.26. The van der Waals surface area contributed by atoms with Crippen LogP contribution in [0.5, 0.6) is 0 Å². The Morgan fingerprint density at radius 3 is 2.22 bits per heavy atom. The number of hydrogen-bond acceptors (Lipinski definition) is 4. The van der Waals surface area contributed by atoms with Crippen molar-refractivity contribution in [2.45, 2.75) is 0 Å². The molecule has 0 radical (unpaired) electrons. The van der Waals surface area contributed by atoms with E-state index in [9.17, 15) is 9.13 Å². The van der Waals surface area contributed by atoms with Crippen molar-refractivity contribution in [2.24, 2.45) is 0 Å². The van der Waals surface area contributed by atoms with Crippen LogP contribution in [0.3, 0.4) is 0 Å². The van der Waals surface area contributed by atoms with E-state index < -0.39 is 16.1 Å². The molecule has 0 spiro atoms. The Bertz CT molecular complexity index is 151. The lowest BCUT2D eigenvalue weighted by Gasteiger charge is -1.95. The molecule has 0 amide bonds. The fourth-order valence-corrected chi connectivity index (χ4v) is 1.09. The molecule has 0 aliphatic carbocycles. The summed E-state index contributed by atoms with van der Waals surface area (Å²) < 4.78 is 27.2. The highest BCUT2D eigenvalue weighted by atomic mass is 31.2. The lowest BCUT2D eigenvalue weighted by Crippen LogP contribution is -1.82. The van der Waals surface area contributed by atoms with Crippen molar-refractivity contribution in [3.63, 3.8) is 0 Å². The summed E-state index contributed by atoms with van der Waals surface area (Å²) >= 11 is 0. The van der Waals surface area contributed by atoms with E-state index in [2.05, 4.69) is 8.83 Å². The van der Waals surface area contributed by atoms with Crippen molar-refractivity contribution >= 4 is 16.1 Å². The van der Waals surface area contributed by atoms with Crippen molar-refractivity contribution < 1.29 is 27.8 Å². The van der Waals surface area contributed by atoms with Crippen molar-refractivity contribution in [2.75, 3.05) is 7.11 Å². The van der Waals surface area contributed by atoms with E-state index in [0.717, 1.165) is 7.11 Å². The Balaban J connectivity index is 3.88. The molecule has 0 aromatic carbocycles. The van der Waals surface area contributed by atoms with Crippen molar-refractivity contribution in [3.05, 3.63) is 0 Å². The number of phosphoric acid groups is 1. The van der Waals surface area contributed by atoms with E-state index in [-0.39, 0.29) is 0 Å². The van der Waals surface area contributed by atoms with Gasteiger partial charge in [-0.25, -0.2) is 4.57 Å². The Morgan fingerprint density at radius 1 is 1.67 bits per heavy atom. The zero-order chi connectivity index (χ0) is 7.49. The first-order chi connectivity index (χ1) is 3.98. The Morgan fingerprint density at radius 2 is 2.11 bits per heavy atom. The van der Waals surface area contributed by atoms with E-state index in [0.29, 0.717) is 0 Å².